The third-order valence-electron chi connectivity index (χ3n) is 5.78. The van der Waals surface area contributed by atoms with Gasteiger partial charge in [-0.25, -0.2) is 4.79 Å². The number of carbonyl (C=O) groups is 3. The summed E-state index contributed by atoms with van der Waals surface area (Å²) in [7, 11) is 0. The minimum Gasteiger partial charge on any atom is -0.444 e. The second kappa shape index (κ2) is 7.87. The Morgan fingerprint density at radius 2 is 1.94 bits per heavy atom. The van der Waals surface area contributed by atoms with E-state index in [4.69, 9.17) is 4.74 Å². The van der Waals surface area contributed by atoms with E-state index in [2.05, 4.69) is 29.6 Å². The van der Waals surface area contributed by atoms with E-state index < -0.39 is 5.60 Å². The first-order chi connectivity index (χ1) is 14.6. The number of nitrogens with one attached hydrogen (secondary N) is 1. The van der Waals surface area contributed by atoms with Crippen LogP contribution in [0, 0.1) is 6.92 Å². The number of imide groups is 1. The lowest BCUT2D eigenvalue weighted by Crippen LogP contribution is -2.41. The van der Waals surface area contributed by atoms with Gasteiger partial charge in [0, 0.05) is 36.1 Å². The Morgan fingerprint density at radius 3 is 2.58 bits per heavy atom. The normalized spacial score (nSPS) is 19.9. The topological polar surface area (TPSA) is 80.6 Å². The number of hydrogen-bond donors (Lipinski definition) is 1. The molecule has 164 valence electrons. The molecule has 2 aliphatic heterocycles. The van der Waals surface area contributed by atoms with Crippen LogP contribution in [0.5, 0.6) is 0 Å². The number of fused-ring (bicyclic) bond motifs is 1. The lowest BCUT2D eigenvalue weighted by molar-refractivity contribution is -0.135. The molecule has 0 saturated carbocycles. The van der Waals surface area contributed by atoms with Gasteiger partial charge in [-0.1, -0.05) is 12.1 Å². The zero-order valence-electron chi connectivity index (χ0n) is 18.5. The predicted octanol–water partition coefficient (Wildman–Crippen LogP) is 3.95. The van der Waals surface area contributed by atoms with Crippen molar-refractivity contribution in [1.82, 2.24) is 14.8 Å². The van der Waals surface area contributed by atoms with Crippen LogP contribution in [0.25, 0.3) is 16.5 Å². The standard InChI is InChI=1S/C24H29N3O4/c1-15-13-18-14-17(16-9-11-26(12-10-16)23(30)31-24(2,3)4)5-6-19(18)27(15)20-7-8-21(28)25-22(20)29/h5-6,9,13-14,20H,7-8,10-12H2,1-4H3,(H,25,28,29). The monoisotopic (exact) mass is 423 g/mol. The number of ether oxygens (including phenoxy) is 1. The van der Waals surface area contributed by atoms with E-state index in [9.17, 15) is 14.4 Å². The molecule has 0 radical (unpaired) electrons. The van der Waals surface area contributed by atoms with Crippen molar-refractivity contribution < 1.29 is 19.1 Å². The van der Waals surface area contributed by atoms with E-state index in [0.717, 1.165) is 28.6 Å². The summed E-state index contributed by atoms with van der Waals surface area (Å²) in [6, 6.07) is 7.97. The molecule has 0 aliphatic carbocycles. The van der Waals surface area contributed by atoms with Crippen molar-refractivity contribution in [2.75, 3.05) is 13.1 Å². The molecule has 2 aliphatic rings. The summed E-state index contributed by atoms with van der Waals surface area (Å²) in [5.41, 5.74) is 3.81. The van der Waals surface area contributed by atoms with E-state index in [0.29, 0.717) is 25.9 Å². The second-order valence-electron chi connectivity index (χ2n) is 9.30. The molecule has 1 aromatic heterocycles. The molecule has 1 unspecified atom stereocenters. The van der Waals surface area contributed by atoms with Gasteiger partial charge in [-0.3, -0.25) is 14.9 Å². The number of rotatable bonds is 2. The molecule has 7 nitrogen and oxygen atoms in total. The Labute approximate surface area is 182 Å². The molecular formula is C24H29N3O4. The predicted molar refractivity (Wildman–Crippen MR) is 118 cm³/mol. The SMILES string of the molecule is Cc1cc2cc(C3=CCN(C(=O)OC(C)(C)C)CC3)ccc2n1C1CCC(=O)NC1=O. The highest BCUT2D eigenvalue weighted by Crippen LogP contribution is 2.32. The number of aryl methyl sites for hydroxylation is 1. The van der Waals surface area contributed by atoms with Crippen LogP contribution < -0.4 is 5.32 Å². The molecule has 1 N–H and O–H groups in total. The van der Waals surface area contributed by atoms with Crippen LogP contribution >= 0.6 is 0 Å². The van der Waals surface area contributed by atoms with Crippen molar-refractivity contribution in [3.05, 3.63) is 41.6 Å². The van der Waals surface area contributed by atoms with Gasteiger partial charge in [0.2, 0.25) is 11.8 Å². The summed E-state index contributed by atoms with van der Waals surface area (Å²) in [6.45, 7) is 8.74. The second-order valence-corrected chi connectivity index (χ2v) is 9.30. The number of amides is 3. The van der Waals surface area contributed by atoms with Crippen molar-refractivity contribution >= 4 is 34.4 Å². The summed E-state index contributed by atoms with van der Waals surface area (Å²) in [6.07, 6.45) is 3.43. The van der Waals surface area contributed by atoms with Crippen LogP contribution in [0.2, 0.25) is 0 Å². The summed E-state index contributed by atoms with van der Waals surface area (Å²) in [5, 5.41) is 3.51. The van der Waals surface area contributed by atoms with Gasteiger partial charge in [-0.2, -0.15) is 0 Å². The lowest BCUT2D eigenvalue weighted by Gasteiger charge is -2.29. The molecule has 2 aromatic rings. The fourth-order valence-electron chi connectivity index (χ4n) is 4.34. The Morgan fingerprint density at radius 1 is 1.16 bits per heavy atom. The van der Waals surface area contributed by atoms with E-state index >= 15 is 0 Å². The molecule has 0 bridgehead atoms. The van der Waals surface area contributed by atoms with Crippen molar-refractivity contribution in [1.29, 1.82) is 0 Å². The molecule has 1 fully saturated rings. The third kappa shape index (κ3) is 4.36. The van der Waals surface area contributed by atoms with Gasteiger partial charge >= 0.3 is 6.09 Å². The summed E-state index contributed by atoms with van der Waals surface area (Å²) >= 11 is 0. The number of hydrogen-bond acceptors (Lipinski definition) is 4. The number of piperidine rings is 1. The van der Waals surface area contributed by atoms with E-state index in [-0.39, 0.29) is 23.9 Å². The minimum atomic E-state index is -0.500. The molecule has 7 heteroatoms. The zero-order valence-corrected chi connectivity index (χ0v) is 18.5. The molecule has 1 aromatic carbocycles. The maximum Gasteiger partial charge on any atom is 0.410 e. The van der Waals surface area contributed by atoms with Crippen molar-refractivity contribution in [3.63, 3.8) is 0 Å². The fraction of sp³-hybridized carbons (Fsp3) is 0.458. The Bertz CT molecular complexity index is 1090. The summed E-state index contributed by atoms with van der Waals surface area (Å²) in [5.74, 6) is -0.444. The average molecular weight is 424 g/mol. The Kier molecular flexibility index (Phi) is 5.37. The van der Waals surface area contributed by atoms with E-state index in [1.165, 1.54) is 5.57 Å². The molecule has 31 heavy (non-hydrogen) atoms. The van der Waals surface area contributed by atoms with E-state index in [1.807, 2.05) is 38.3 Å². The smallest absolute Gasteiger partial charge is 0.410 e. The Balaban J connectivity index is 1.55. The number of nitrogens with zero attached hydrogens (tertiary/aromatic N) is 2. The van der Waals surface area contributed by atoms with Crippen LogP contribution in [0.1, 0.15) is 57.3 Å². The molecule has 3 heterocycles. The largest absolute Gasteiger partial charge is 0.444 e. The highest BCUT2D eigenvalue weighted by Gasteiger charge is 2.30. The first-order valence-corrected chi connectivity index (χ1v) is 10.7. The van der Waals surface area contributed by atoms with Gasteiger partial charge in [0.1, 0.15) is 11.6 Å². The summed E-state index contributed by atoms with van der Waals surface area (Å²) in [4.78, 5) is 37.9. The fourth-order valence-corrected chi connectivity index (χ4v) is 4.34. The van der Waals surface area contributed by atoms with Crippen LogP contribution in [0.15, 0.2) is 30.3 Å². The van der Waals surface area contributed by atoms with Crippen molar-refractivity contribution in [2.24, 2.45) is 0 Å². The van der Waals surface area contributed by atoms with Crippen LogP contribution in [-0.2, 0) is 14.3 Å². The zero-order chi connectivity index (χ0) is 22.3. The van der Waals surface area contributed by atoms with Gasteiger partial charge in [-0.15, -0.1) is 0 Å². The maximum absolute atomic E-state index is 12.4. The van der Waals surface area contributed by atoms with Gasteiger partial charge in [0.15, 0.2) is 0 Å². The first kappa shape index (κ1) is 21.2. The quantitative estimate of drug-likeness (QED) is 0.742. The minimum absolute atomic E-state index is 0.206. The van der Waals surface area contributed by atoms with Gasteiger partial charge in [0.05, 0.1) is 0 Å². The van der Waals surface area contributed by atoms with Gasteiger partial charge in [0.25, 0.3) is 0 Å². The number of aromatic nitrogens is 1. The van der Waals surface area contributed by atoms with Crippen molar-refractivity contribution in [2.45, 2.75) is 58.6 Å². The van der Waals surface area contributed by atoms with Gasteiger partial charge in [-0.05, 0) is 69.9 Å². The maximum atomic E-state index is 12.4. The van der Waals surface area contributed by atoms with Crippen LogP contribution in [0.3, 0.4) is 0 Å². The van der Waals surface area contributed by atoms with Gasteiger partial charge < -0.3 is 14.2 Å². The first-order valence-electron chi connectivity index (χ1n) is 10.7. The number of carbonyl (C=O) groups excluding carboxylic acids is 3. The average Bonchev–Trinajstić information content (AvgIpc) is 3.02. The molecule has 1 saturated heterocycles. The highest BCUT2D eigenvalue weighted by molar-refractivity contribution is 6.00. The van der Waals surface area contributed by atoms with E-state index in [1.54, 1.807) is 4.90 Å². The third-order valence-corrected chi connectivity index (χ3v) is 5.78. The molecular weight excluding hydrogens is 394 g/mol. The molecule has 3 amide bonds. The molecule has 4 rings (SSSR count). The highest BCUT2D eigenvalue weighted by atomic mass is 16.6. The van der Waals surface area contributed by atoms with Crippen LogP contribution in [-0.4, -0.2) is 46.1 Å². The number of benzene rings is 1. The van der Waals surface area contributed by atoms with Crippen molar-refractivity contribution in [3.8, 4) is 0 Å². The lowest BCUT2D eigenvalue weighted by atomic mass is 9.98. The molecule has 0 spiro atoms. The molecule has 1 atom stereocenters. The Hall–Kier alpha value is -3.09. The van der Waals surface area contributed by atoms with Crippen LogP contribution in [0.4, 0.5) is 4.79 Å². The summed E-state index contributed by atoms with van der Waals surface area (Å²) < 4.78 is 7.49.